The minimum Gasteiger partial charge on any atom is -0.494 e. The van der Waals surface area contributed by atoms with Gasteiger partial charge in [-0.1, -0.05) is 6.07 Å². The largest absolute Gasteiger partial charge is 0.494 e. The molecule has 0 aromatic heterocycles. The second-order valence-electron chi connectivity index (χ2n) is 4.29. The molecule has 1 rings (SSSR count). The van der Waals surface area contributed by atoms with E-state index in [-0.39, 0.29) is 5.75 Å². The Hall–Kier alpha value is -1.17. The summed E-state index contributed by atoms with van der Waals surface area (Å²) in [4.78, 5) is 0. The van der Waals surface area contributed by atoms with Gasteiger partial charge >= 0.3 is 0 Å². The van der Waals surface area contributed by atoms with Crippen LogP contribution >= 0.6 is 0 Å². The van der Waals surface area contributed by atoms with Gasteiger partial charge < -0.3 is 19.9 Å². The summed E-state index contributed by atoms with van der Waals surface area (Å²) in [5, 5.41) is 13.3. The summed E-state index contributed by atoms with van der Waals surface area (Å²) >= 11 is 0. The smallest absolute Gasteiger partial charge is 0.165 e. The normalized spacial score (nSPS) is 14.3. The van der Waals surface area contributed by atoms with Gasteiger partial charge in [-0.25, -0.2) is 4.39 Å². The fourth-order valence-electron chi connectivity index (χ4n) is 1.61. The quantitative estimate of drug-likeness (QED) is 0.722. The van der Waals surface area contributed by atoms with Gasteiger partial charge in [0.15, 0.2) is 11.6 Å². The van der Waals surface area contributed by atoms with Gasteiger partial charge in [0.05, 0.1) is 19.3 Å². The highest BCUT2D eigenvalue weighted by Crippen LogP contribution is 2.25. The van der Waals surface area contributed by atoms with Crippen molar-refractivity contribution in [3.05, 3.63) is 29.6 Å². The molecule has 0 saturated heterocycles. The Kier molecular flexibility index (Phi) is 5.53. The number of hydrogen-bond donors (Lipinski definition) is 2. The Labute approximate surface area is 107 Å². The summed E-state index contributed by atoms with van der Waals surface area (Å²) in [7, 11) is 3.02. The van der Waals surface area contributed by atoms with Crippen molar-refractivity contribution in [2.24, 2.45) is 0 Å². The van der Waals surface area contributed by atoms with E-state index in [0.717, 1.165) is 0 Å². The van der Waals surface area contributed by atoms with Crippen molar-refractivity contribution in [2.45, 2.75) is 12.5 Å². The maximum atomic E-state index is 13.5. The predicted octanol–water partition coefficient (Wildman–Crippen LogP) is 1.28. The van der Waals surface area contributed by atoms with Gasteiger partial charge in [-0.05, 0) is 24.6 Å². The fourth-order valence-corrected chi connectivity index (χ4v) is 1.61. The zero-order valence-corrected chi connectivity index (χ0v) is 11.0. The molecule has 1 aromatic carbocycles. The van der Waals surface area contributed by atoms with Crippen LogP contribution in [0.4, 0.5) is 4.39 Å². The van der Waals surface area contributed by atoms with E-state index in [1.807, 2.05) is 0 Å². The van der Waals surface area contributed by atoms with Gasteiger partial charge in [0.1, 0.15) is 0 Å². The van der Waals surface area contributed by atoms with Gasteiger partial charge in [0, 0.05) is 20.2 Å². The van der Waals surface area contributed by atoms with Crippen LogP contribution in [0.25, 0.3) is 0 Å². The molecule has 0 fully saturated rings. The zero-order valence-electron chi connectivity index (χ0n) is 11.0. The Bertz CT molecular complexity index is 382. The van der Waals surface area contributed by atoms with E-state index < -0.39 is 11.4 Å². The number of halogens is 1. The van der Waals surface area contributed by atoms with Crippen molar-refractivity contribution >= 4 is 0 Å². The molecule has 1 aromatic rings. The van der Waals surface area contributed by atoms with Crippen molar-refractivity contribution in [3.63, 3.8) is 0 Å². The predicted molar refractivity (Wildman–Crippen MR) is 67.3 cm³/mol. The standard InChI is InChI=1S/C13H20FNO3/c1-13(16,9-15-6-7-17-2)10-4-5-12(18-3)11(14)8-10/h4-5,8,15-16H,6-7,9H2,1-3H3. The zero-order chi connectivity index (χ0) is 13.6. The summed E-state index contributed by atoms with van der Waals surface area (Å²) in [5.41, 5.74) is -0.633. The van der Waals surface area contributed by atoms with Crippen molar-refractivity contribution in [1.82, 2.24) is 5.32 Å². The number of nitrogens with one attached hydrogen (secondary N) is 1. The first-order chi connectivity index (χ1) is 8.51. The van der Waals surface area contributed by atoms with Gasteiger partial charge in [0.2, 0.25) is 0 Å². The molecule has 0 saturated carbocycles. The minimum absolute atomic E-state index is 0.168. The van der Waals surface area contributed by atoms with Crippen LogP contribution in [-0.2, 0) is 10.3 Å². The molecule has 1 atom stereocenters. The Morgan fingerprint density at radius 3 is 2.67 bits per heavy atom. The van der Waals surface area contributed by atoms with Crippen molar-refractivity contribution < 1.29 is 19.0 Å². The summed E-state index contributed by atoms with van der Waals surface area (Å²) in [6.07, 6.45) is 0. The van der Waals surface area contributed by atoms with Gasteiger partial charge in [-0.2, -0.15) is 0 Å². The summed E-state index contributed by atoms with van der Waals surface area (Å²) in [6, 6.07) is 4.45. The molecule has 0 radical (unpaired) electrons. The van der Waals surface area contributed by atoms with Gasteiger partial charge in [-0.15, -0.1) is 0 Å². The molecule has 0 amide bonds. The van der Waals surface area contributed by atoms with E-state index in [4.69, 9.17) is 9.47 Å². The van der Waals surface area contributed by atoms with Crippen LogP contribution in [0.5, 0.6) is 5.75 Å². The van der Waals surface area contributed by atoms with E-state index in [1.165, 1.54) is 19.2 Å². The summed E-state index contributed by atoms with van der Waals surface area (Å²) in [6.45, 7) is 3.15. The average Bonchev–Trinajstić information content (AvgIpc) is 2.34. The monoisotopic (exact) mass is 257 g/mol. The van der Waals surface area contributed by atoms with Crippen molar-refractivity contribution in [1.29, 1.82) is 0 Å². The molecular weight excluding hydrogens is 237 g/mol. The van der Waals surface area contributed by atoms with Crippen LogP contribution in [0.1, 0.15) is 12.5 Å². The van der Waals surface area contributed by atoms with E-state index in [0.29, 0.717) is 25.3 Å². The number of aliphatic hydroxyl groups is 1. The molecular formula is C13H20FNO3. The van der Waals surface area contributed by atoms with Crippen LogP contribution < -0.4 is 10.1 Å². The number of methoxy groups -OCH3 is 2. The molecule has 0 aliphatic rings. The Balaban J connectivity index is 2.69. The fraction of sp³-hybridized carbons (Fsp3) is 0.538. The first kappa shape index (κ1) is 14.9. The third-order valence-corrected chi connectivity index (χ3v) is 2.73. The minimum atomic E-state index is -1.14. The molecule has 5 heteroatoms. The molecule has 0 heterocycles. The van der Waals surface area contributed by atoms with Crippen LogP contribution in [-0.4, -0.2) is 39.0 Å². The topological polar surface area (TPSA) is 50.7 Å². The number of hydrogen-bond acceptors (Lipinski definition) is 4. The first-order valence-electron chi connectivity index (χ1n) is 5.77. The molecule has 102 valence electrons. The second-order valence-corrected chi connectivity index (χ2v) is 4.29. The Morgan fingerprint density at radius 1 is 1.39 bits per heavy atom. The Morgan fingerprint density at radius 2 is 2.11 bits per heavy atom. The highest BCUT2D eigenvalue weighted by atomic mass is 19.1. The number of benzene rings is 1. The summed E-state index contributed by atoms with van der Waals surface area (Å²) in [5.74, 6) is -0.311. The molecule has 18 heavy (non-hydrogen) atoms. The lowest BCUT2D eigenvalue weighted by Crippen LogP contribution is -2.36. The van der Waals surface area contributed by atoms with Gasteiger partial charge in [0.25, 0.3) is 0 Å². The van der Waals surface area contributed by atoms with Crippen molar-refractivity contribution in [2.75, 3.05) is 33.9 Å². The van der Waals surface area contributed by atoms with Crippen LogP contribution in [0.2, 0.25) is 0 Å². The maximum absolute atomic E-state index is 13.5. The average molecular weight is 257 g/mol. The molecule has 0 aliphatic carbocycles. The lowest BCUT2D eigenvalue weighted by Gasteiger charge is -2.24. The molecule has 0 spiro atoms. The first-order valence-corrected chi connectivity index (χ1v) is 5.77. The summed E-state index contributed by atoms with van der Waals surface area (Å²) < 4.78 is 23.3. The highest BCUT2D eigenvalue weighted by Gasteiger charge is 2.23. The number of ether oxygens (including phenoxy) is 2. The SMILES string of the molecule is COCCNCC(C)(O)c1ccc(OC)c(F)c1. The van der Waals surface area contributed by atoms with Crippen LogP contribution in [0, 0.1) is 5.82 Å². The third-order valence-electron chi connectivity index (χ3n) is 2.73. The maximum Gasteiger partial charge on any atom is 0.165 e. The molecule has 0 bridgehead atoms. The van der Waals surface area contributed by atoms with E-state index in [1.54, 1.807) is 20.1 Å². The van der Waals surface area contributed by atoms with Crippen LogP contribution in [0.3, 0.4) is 0 Å². The van der Waals surface area contributed by atoms with Crippen molar-refractivity contribution in [3.8, 4) is 5.75 Å². The molecule has 1 unspecified atom stereocenters. The third kappa shape index (κ3) is 3.94. The molecule has 4 nitrogen and oxygen atoms in total. The lowest BCUT2D eigenvalue weighted by molar-refractivity contribution is 0.0546. The molecule has 0 aliphatic heterocycles. The van der Waals surface area contributed by atoms with E-state index >= 15 is 0 Å². The number of rotatable bonds is 7. The molecule has 2 N–H and O–H groups in total. The lowest BCUT2D eigenvalue weighted by atomic mass is 9.95. The van der Waals surface area contributed by atoms with E-state index in [9.17, 15) is 9.50 Å². The second kappa shape index (κ2) is 6.68. The van der Waals surface area contributed by atoms with E-state index in [2.05, 4.69) is 5.32 Å². The van der Waals surface area contributed by atoms with Gasteiger partial charge in [-0.3, -0.25) is 0 Å². The van der Waals surface area contributed by atoms with Crippen LogP contribution in [0.15, 0.2) is 18.2 Å². The highest BCUT2D eigenvalue weighted by molar-refractivity contribution is 5.32.